The molecule has 4 fully saturated rings. The molecule has 4 aliphatic rings. The van der Waals surface area contributed by atoms with Gasteiger partial charge in [-0.05, 0) is 122 Å². The molecule has 0 bridgehead atoms. The molecule has 210 valence electrons. The summed E-state index contributed by atoms with van der Waals surface area (Å²) in [7, 11) is -1.78. The number of alkyl halides is 1. The molecule has 0 unspecified atom stereocenters. The van der Waals surface area contributed by atoms with E-state index in [2.05, 4.69) is 68.5 Å². The van der Waals surface area contributed by atoms with Crippen molar-refractivity contribution in [3.63, 3.8) is 0 Å². The van der Waals surface area contributed by atoms with Gasteiger partial charge >= 0.3 is 0 Å². The molecule has 0 aromatic rings. The summed E-state index contributed by atoms with van der Waals surface area (Å²) >= 11 is 0. The van der Waals surface area contributed by atoms with Crippen LogP contribution in [0.3, 0.4) is 0 Å². The van der Waals surface area contributed by atoms with Crippen molar-refractivity contribution in [1.29, 1.82) is 0 Å². The summed E-state index contributed by atoms with van der Waals surface area (Å²) in [6.07, 6.45) is 13.4. The summed E-state index contributed by atoms with van der Waals surface area (Å²) in [5.41, 5.74) is 0.692. The molecular formula is C33H61FOSi. The van der Waals surface area contributed by atoms with E-state index in [1.807, 2.05) is 0 Å². The van der Waals surface area contributed by atoms with Crippen LogP contribution in [0.15, 0.2) is 0 Å². The molecule has 0 aromatic carbocycles. The quantitative estimate of drug-likeness (QED) is 0.303. The van der Waals surface area contributed by atoms with Gasteiger partial charge in [0.25, 0.3) is 0 Å². The Morgan fingerprint density at radius 2 is 1.53 bits per heavy atom. The Morgan fingerprint density at radius 3 is 2.17 bits per heavy atom. The summed E-state index contributed by atoms with van der Waals surface area (Å²) in [6.45, 7) is 24.2. The summed E-state index contributed by atoms with van der Waals surface area (Å²) < 4.78 is 23.2. The lowest BCUT2D eigenvalue weighted by Gasteiger charge is -2.62. The summed E-state index contributed by atoms with van der Waals surface area (Å²) in [6, 6.07) is 0. The first-order valence-electron chi connectivity index (χ1n) is 15.9. The highest BCUT2D eigenvalue weighted by molar-refractivity contribution is 6.74. The van der Waals surface area contributed by atoms with Crippen LogP contribution in [0.25, 0.3) is 0 Å². The Kier molecular flexibility index (Phi) is 8.29. The fourth-order valence-electron chi connectivity index (χ4n) is 9.86. The molecule has 0 aliphatic heterocycles. The van der Waals surface area contributed by atoms with Crippen LogP contribution >= 0.6 is 0 Å². The van der Waals surface area contributed by atoms with Crippen molar-refractivity contribution < 1.29 is 8.82 Å². The maximum absolute atomic E-state index is 16.3. The van der Waals surface area contributed by atoms with Gasteiger partial charge in [0, 0.05) is 6.10 Å². The first-order chi connectivity index (χ1) is 16.6. The van der Waals surface area contributed by atoms with Crippen LogP contribution in [0.2, 0.25) is 18.1 Å². The van der Waals surface area contributed by atoms with Gasteiger partial charge < -0.3 is 4.43 Å². The second kappa shape index (κ2) is 10.3. The van der Waals surface area contributed by atoms with Crippen molar-refractivity contribution in [1.82, 2.24) is 0 Å². The summed E-state index contributed by atoms with van der Waals surface area (Å²) in [5, 5.41) is 0.243. The van der Waals surface area contributed by atoms with Crippen molar-refractivity contribution in [2.24, 2.45) is 52.3 Å². The third-order valence-electron chi connectivity index (χ3n) is 13.1. The fourth-order valence-corrected chi connectivity index (χ4v) is 11.3. The van der Waals surface area contributed by atoms with Crippen molar-refractivity contribution in [3.8, 4) is 0 Å². The zero-order valence-corrected chi connectivity index (χ0v) is 26.8. The molecule has 0 aromatic heterocycles. The highest BCUT2D eigenvalue weighted by Crippen LogP contribution is 2.69. The Hall–Kier alpha value is 0.107. The third kappa shape index (κ3) is 5.16. The second-order valence-electron chi connectivity index (χ2n) is 16.5. The van der Waals surface area contributed by atoms with Crippen molar-refractivity contribution in [2.75, 3.05) is 0 Å². The average molecular weight is 521 g/mol. The number of hydrogen-bond donors (Lipinski definition) is 0. The molecule has 0 heterocycles. The predicted molar refractivity (Wildman–Crippen MR) is 155 cm³/mol. The van der Waals surface area contributed by atoms with Crippen LogP contribution in [0.1, 0.15) is 126 Å². The molecule has 4 aliphatic carbocycles. The first-order valence-corrected chi connectivity index (χ1v) is 18.8. The van der Waals surface area contributed by atoms with Crippen LogP contribution in [0.5, 0.6) is 0 Å². The van der Waals surface area contributed by atoms with E-state index >= 15 is 4.39 Å². The van der Waals surface area contributed by atoms with Gasteiger partial charge in [-0.3, -0.25) is 0 Å². The van der Waals surface area contributed by atoms with Crippen LogP contribution in [0.4, 0.5) is 4.39 Å². The Labute approximate surface area is 225 Å². The van der Waals surface area contributed by atoms with E-state index in [4.69, 9.17) is 4.43 Å². The first kappa shape index (κ1) is 29.1. The largest absolute Gasteiger partial charge is 0.414 e. The molecule has 4 rings (SSSR count). The van der Waals surface area contributed by atoms with Crippen LogP contribution in [-0.2, 0) is 4.43 Å². The molecule has 0 saturated heterocycles. The Morgan fingerprint density at radius 1 is 0.889 bits per heavy atom. The molecular weight excluding hydrogens is 459 g/mol. The molecule has 0 radical (unpaired) electrons. The summed E-state index contributed by atoms with van der Waals surface area (Å²) in [5.74, 6) is 4.44. The predicted octanol–water partition coefficient (Wildman–Crippen LogP) is 10.4. The zero-order chi connectivity index (χ0) is 26.7. The molecule has 4 saturated carbocycles. The average Bonchev–Trinajstić information content (AvgIpc) is 3.10. The van der Waals surface area contributed by atoms with Gasteiger partial charge in [-0.25, -0.2) is 4.39 Å². The minimum Gasteiger partial charge on any atom is -0.414 e. The highest BCUT2D eigenvalue weighted by Gasteiger charge is 2.63. The second-order valence-corrected chi connectivity index (χ2v) is 21.3. The number of halogens is 1. The minimum absolute atomic E-state index is 0.243. The van der Waals surface area contributed by atoms with Crippen LogP contribution in [-0.4, -0.2) is 20.6 Å². The lowest BCUT2D eigenvalue weighted by atomic mass is 9.44. The van der Waals surface area contributed by atoms with E-state index in [1.54, 1.807) is 0 Å². The molecule has 10 atom stereocenters. The van der Waals surface area contributed by atoms with E-state index < -0.39 is 14.5 Å². The van der Waals surface area contributed by atoms with Gasteiger partial charge in [0.15, 0.2) is 8.32 Å². The standard InChI is InChI=1S/C33H61FOSi/c1-22(2)12-11-13-23(3)26-14-15-27-30-28(17-19-33(26,27)8)32(7)18-16-25(20-24(32)21-29(30)34)35-36(9,10)31(4,5)6/h22-30H,11-21H2,1-10H3/t23-,24-,25+,26-,27+,28+,29-,30+,32+,33-/m1/s1. The molecule has 0 amide bonds. The number of fused-ring (bicyclic) bond motifs is 5. The van der Waals surface area contributed by atoms with Crippen molar-refractivity contribution in [3.05, 3.63) is 0 Å². The maximum atomic E-state index is 16.3. The van der Waals surface area contributed by atoms with E-state index in [1.165, 1.54) is 57.8 Å². The topological polar surface area (TPSA) is 9.23 Å². The Balaban J connectivity index is 1.46. The van der Waals surface area contributed by atoms with Gasteiger partial charge in [0.05, 0.1) is 0 Å². The van der Waals surface area contributed by atoms with Crippen LogP contribution in [0, 0.1) is 52.3 Å². The molecule has 0 spiro atoms. The lowest BCUT2D eigenvalue weighted by molar-refractivity contribution is -0.156. The normalized spacial score (nSPS) is 44.2. The SMILES string of the molecule is CC(C)CCC[C@@H](C)[C@H]1CC[C@H]2[C@@H]3[C@H](F)C[C@H]4C[C@@H](O[Si](C)(C)C(C)(C)C)CC[C@]4(C)[C@H]3CC[C@]12C. The van der Waals surface area contributed by atoms with Gasteiger partial charge in [-0.2, -0.15) is 0 Å². The van der Waals surface area contributed by atoms with E-state index in [-0.39, 0.29) is 5.04 Å². The smallest absolute Gasteiger partial charge is 0.192 e. The van der Waals surface area contributed by atoms with Crippen molar-refractivity contribution >= 4 is 8.32 Å². The summed E-state index contributed by atoms with van der Waals surface area (Å²) in [4.78, 5) is 0. The van der Waals surface area contributed by atoms with Gasteiger partial charge in [-0.15, -0.1) is 0 Å². The van der Waals surface area contributed by atoms with E-state index in [9.17, 15) is 0 Å². The maximum Gasteiger partial charge on any atom is 0.192 e. The highest BCUT2D eigenvalue weighted by atomic mass is 28.4. The van der Waals surface area contributed by atoms with Crippen LogP contribution < -0.4 is 0 Å². The molecule has 0 N–H and O–H groups in total. The zero-order valence-electron chi connectivity index (χ0n) is 25.8. The number of hydrogen-bond acceptors (Lipinski definition) is 1. The van der Waals surface area contributed by atoms with E-state index in [0.717, 1.165) is 30.6 Å². The lowest BCUT2D eigenvalue weighted by Crippen LogP contribution is -2.58. The van der Waals surface area contributed by atoms with E-state index in [0.29, 0.717) is 40.6 Å². The fraction of sp³-hybridized carbons (Fsp3) is 1.00. The van der Waals surface area contributed by atoms with Gasteiger partial charge in [0.2, 0.25) is 0 Å². The van der Waals surface area contributed by atoms with Crippen molar-refractivity contribution in [2.45, 2.75) is 156 Å². The Bertz CT molecular complexity index is 757. The van der Waals surface area contributed by atoms with Gasteiger partial charge in [0.1, 0.15) is 6.17 Å². The molecule has 36 heavy (non-hydrogen) atoms. The third-order valence-corrected chi connectivity index (χ3v) is 17.6. The molecule has 3 heteroatoms. The minimum atomic E-state index is -1.78. The monoisotopic (exact) mass is 520 g/mol. The number of rotatable bonds is 7. The molecule has 1 nitrogen and oxygen atoms in total. The van der Waals surface area contributed by atoms with Gasteiger partial charge in [-0.1, -0.05) is 74.7 Å².